The van der Waals surface area contributed by atoms with Crippen molar-refractivity contribution in [3.05, 3.63) is 54.4 Å². The molecule has 0 radical (unpaired) electrons. The van der Waals surface area contributed by atoms with E-state index >= 15 is 0 Å². The van der Waals surface area contributed by atoms with Gasteiger partial charge in [-0.3, -0.25) is 4.98 Å². The van der Waals surface area contributed by atoms with Gasteiger partial charge in [0.05, 0.1) is 17.6 Å². The van der Waals surface area contributed by atoms with Gasteiger partial charge in [0.2, 0.25) is 0 Å². The van der Waals surface area contributed by atoms with E-state index in [-0.39, 0.29) is 0 Å². The number of hydrogen-bond acceptors (Lipinski definition) is 3. The fourth-order valence-electron chi connectivity index (χ4n) is 2.24. The second-order valence-corrected chi connectivity index (χ2v) is 4.78. The molecule has 0 aliphatic heterocycles. The summed E-state index contributed by atoms with van der Waals surface area (Å²) < 4.78 is 0. The average molecular weight is 239 g/mol. The predicted molar refractivity (Wildman–Crippen MR) is 74.3 cm³/mol. The summed E-state index contributed by atoms with van der Waals surface area (Å²) in [7, 11) is 0. The molecule has 18 heavy (non-hydrogen) atoms. The lowest BCUT2D eigenvalue weighted by molar-refractivity contribution is 0.795. The Morgan fingerprint density at radius 1 is 1.17 bits per heavy atom. The Balaban J connectivity index is 1.87. The maximum Gasteiger partial charge on any atom is 0.0738 e. The molecule has 1 aromatic carbocycles. The van der Waals surface area contributed by atoms with Crippen molar-refractivity contribution in [3.8, 4) is 0 Å². The number of nitrogen functional groups attached to an aromatic ring is 1. The molecule has 1 fully saturated rings. The van der Waals surface area contributed by atoms with Gasteiger partial charge in [0.15, 0.2) is 0 Å². The molecule has 0 unspecified atom stereocenters. The Kier molecular flexibility index (Phi) is 2.89. The fourth-order valence-corrected chi connectivity index (χ4v) is 2.24. The van der Waals surface area contributed by atoms with Crippen LogP contribution < -0.4 is 10.6 Å². The van der Waals surface area contributed by atoms with Crippen LogP contribution in [0.2, 0.25) is 0 Å². The van der Waals surface area contributed by atoms with Crippen LogP contribution in [0, 0.1) is 0 Å². The number of aromatic nitrogens is 1. The molecule has 3 rings (SSSR count). The number of anilines is 2. The Labute approximate surface area is 107 Å². The second-order valence-electron chi connectivity index (χ2n) is 4.78. The van der Waals surface area contributed by atoms with Crippen LogP contribution in [0.4, 0.5) is 11.4 Å². The summed E-state index contributed by atoms with van der Waals surface area (Å²) in [5, 5.41) is 0. The minimum Gasteiger partial charge on any atom is -0.396 e. The van der Waals surface area contributed by atoms with E-state index in [4.69, 9.17) is 5.73 Å². The van der Waals surface area contributed by atoms with E-state index in [1.165, 1.54) is 18.4 Å². The number of benzene rings is 1. The van der Waals surface area contributed by atoms with Crippen molar-refractivity contribution in [1.82, 2.24) is 4.98 Å². The molecule has 1 aliphatic rings. The van der Waals surface area contributed by atoms with Gasteiger partial charge in [0.1, 0.15) is 0 Å². The van der Waals surface area contributed by atoms with Crippen molar-refractivity contribution in [2.45, 2.75) is 25.4 Å². The Morgan fingerprint density at radius 3 is 2.61 bits per heavy atom. The van der Waals surface area contributed by atoms with Crippen LogP contribution >= 0.6 is 0 Å². The van der Waals surface area contributed by atoms with Gasteiger partial charge in [0.25, 0.3) is 0 Å². The van der Waals surface area contributed by atoms with Gasteiger partial charge >= 0.3 is 0 Å². The van der Waals surface area contributed by atoms with Gasteiger partial charge in [-0.15, -0.1) is 0 Å². The zero-order valence-electron chi connectivity index (χ0n) is 10.3. The maximum atomic E-state index is 6.04. The van der Waals surface area contributed by atoms with Gasteiger partial charge in [-0.25, -0.2) is 0 Å². The topological polar surface area (TPSA) is 42.1 Å². The van der Waals surface area contributed by atoms with Crippen LogP contribution in [-0.4, -0.2) is 11.0 Å². The van der Waals surface area contributed by atoms with E-state index in [2.05, 4.69) is 34.1 Å². The summed E-state index contributed by atoms with van der Waals surface area (Å²) in [4.78, 5) is 6.46. The highest BCUT2D eigenvalue weighted by molar-refractivity contribution is 5.67. The first kappa shape index (κ1) is 11.1. The predicted octanol–water partition coefficient (Wildman–Crippen LogP) is 2.83. The number of pyridine rings is 1. The molecule has 92 valence electrons. The van der Waals surface area contributed by atoms with Crippen molar-refractivity contribution < 1.29 is 0 Å². The van der Waals surface area contributed by atoms with E-state index < -0.39 is 0 Å². The first-order valence-corrected chi connectivity index (χ1v) is 6.34. The van der Waals surface area contributed by atoms with E-state index in [9.17, 15) is 0 Å². The lowest BCUT2D eigenvalue weighted by atomic mass is 10.2. The molecule has 2 N–H and O–H groups in total. The average Bonchev–Trinajstić information content (AvgIpc) is 3.23. The smallest absolute Gasteiger partial charge is 0.0738 e. The molecule has 2 aromatic rings. The molecule has 1 aromatic heterocycles. The lowest BCUT2D eigenvalue weighted by Crippen LogP contribution is -2.25. The monoisotopic (exact) mass is 239 g/mol. The number of rotatable bonds is 4. The third-order valence-electron chi connectivity index (χ3n) is 3.32. The molecule has 0 bridgehead atoms. The lowest BCUT2D eigenvalue weighted by Gasteiger charge is -2.26. The molecule has 0 spiro atoms. The molecule has 0 saturated heterocycles. The van der Waals surface area contributed by atoms with Crippen LogP contribution in [0.15, 0.2) is 48.8 Å². The van der Waals surface area contributed by atoms with Crippen LogP contribution in [0.1, 0.15) is 18.4 Å². The Hall–Kier alpha value is -2.03. The van der Waals surface area contributed by atoms with Crippen molar-refractivity contribution in [3.63, 3.8) is 0 Å². The molecule has 0 amide bonds. The molecule has 3 heteroatoms. The SMILES string of the molecule is Nc1cnccc1N(Cc1ccccc1)C1CC1. The minimum absolute atomic E-state index is 0.634. The number of hydrogen-bond donors (Lipinski definition) is 1. The summed E-state index contributed by atoms with van der Waals surface area (Å²) in [6.45, 7) is 0.916. The zero-order chi connectivity index (χ0) is 12.4. The highest BCUT2D eigenvalue weighted by Crippen LogP contribution is 2.35. The van der Waals surface area contributed by atoms with Crippen molar-refractivity contribution in [1.29, 1.82) is 0 Å². The third kappa shape index (κ3) is 2.30. The fraction of sp³-hybridized carbons (Fsp3) is 0.267. The quantitative estimate of drug-likeness (QED) is 0.892. The van der Waals surface area contributed by atoms with Gasteiger partial charge in [0, 0.05) is 18.8 Å². The van der Waals surface area contributed by atoms with E-state index in [0.717, 1.165) is 17.9 Å². The van der Waals surface area contributed by atoms with Crippen LogP contribution in [0.3, 0.4) is 0 Å². The summed E-state index contributed by atoms with van der Waals surface area (Å²) in [6, 6.07) is 13.2. The van der Waals surface area contributed by atoms with Gasteiger partial charge in [-0.1, -0.05) is 30.3 Å². The molecule has 1 aliphatic carbocycles. The second kappa shape index (κ2) is 4.69. The maximum absolute atomic E-state index is 6.04. The van der Waals surface area contributed by atoms with Gasteiger partial charge < -0.3 is 10.6 Å². The first-order valence-electron chi connectivity index (χ1n) is 6.34. The molecule has 1 heterocycles. The number of nitrogens with zero attached hydrogens (tertiary/aromatic N) is 2. The van der Waals surface area contributed by atoms with E-state index in [1.807, 2.05) is 18.3 Å². The highest BCUT2D eigenvalue weighted by Gasteiger charge is 2.30. The van der Waals surface area contributed by atoms with Crippen molar-refractivity contribution >= 4 is 11.4 Å². The first-order chi connectivity index (χ1) is 8.84. The normalized spacial score (nSPS) is 14.4. The summed E-state index contributed by atoms with van der Waals surface area (Å²) in [5.41, 5.74) is 9.23. The van der Waals surface area contributed by atoms with E-state index in [0.29, 0.717) is 6.04 Å². The summed E-state index contributed by atoms with van der Waals surface area (Å²) >= 11 is 0. The summed E-state index contributed by atoms with van der Waals surface area (Å²) in [6.07, 6.45) is 6.06. The minimum atomic E-state index is 0.634. The Morgan fingerprint density at radius 2 is 1.94 bits per heavy atom. The van der Waals surface area contributed by atoms with Crippen molar-refractivity contribution in [2.24, 2.45) is 0 Å². The Bertz CT molecular complexity index is 520. The molecular weight excluding hydrogens is 222 g/mol. The highest BCUT2D eigenvalue weighted by atomic mass is 15.2. The molecule has 3 nitrogen and oxygen atoms in total. The van der Waals surface area contributed by atoms with Crippen LogP contribution in [-0.2, 0) is 6.54 Å². The molecule has 0 atom stereocenters. The largest absolute Gasteiger partial charge is 0.396 e. The standard InChI is InChI=1S/C15H17N3/c16-14-10-17-9-8-15(14)18(13-6-7-13)11-12-4-2-1-3-5-12/h1-5,8-10,13H,6-7,11,16H2. The van der Waals surface area contributed by atoms with Gasteiger partial charge in [-0.05, 0) is 24.5 Å². The van der Waals surface area contributed by atoms with Crippen LogP contribution in [0.25, 0.3) is 0 Å². The third-order valence-corrected chi connectivity index (χ3v) is 3.32. The summed E-state index contributed by atoms with van der Waals surface area (Å²) in [5.74, 6) is 0. The van der Waals surface area contributed by atoms with Crippen molar-refractivity contribution in [2.75, 3.05) is 10.6 Å². The molecule has 1 saturated carbocycles. The molecular formula is C15H17N3. The van der Waals surface area contributed by atoms with E-state index in [1.54, 1.807) is 6.20 Å². The zero-order valence-corrected chi connectivity index (χ0v) is 10.3. The van der Waals surface area contributed by atoms with Crippen LogP contribution in [0.5, 0.6) is 0 Å². The number of nitrogens with two attached hydrogens (primary N) is 1. The van der Waals surface area contributed by atoms with Gasteiger partial charge in [-0.2, -0.15) is 0 Å².